The van der Waals surface area contributed by atoms with Crippen LogP contribution in [-0.4, -0.2) is 5.84 Å². The molecule has 0 fully saturated rings. The highest BCUT2D eigenvalue weighted by Gasteiger charge is 2.12. The Bertz CT molecular complexity index is 302. The predicted molar refractivity (Wildman–Crippen MR) is 49.7 cm³/mol. The fraction of sp³-hybridized carbons (Fsp3) is 0.125. The lowest BCUT2D eigenvalue weighted by Gasteiger charge is -2.05. The van der Waals surface area contributed by atoms with Crippen LogP contribution in [0.5, 0.6) is 0 Å². The number of hydrogen-bond donors (Lipinski definition) is 2. The summed E-state index contributed by atoms with van der Waals surface area (Å²) in [6, 6.07) is 5.74. The van der Waals surface area contributed by atoms with Gasteiger partial charge in [0.2, 0.25) is 0 Å². The van der Waals surface area contributed by atoms with Crippen LogP contribution in [0.15, 0.2) is 24.3 Å². The Kier molecular flexibility index (Phi) is 4.34. The first-order valence-corrected chi connectivity index (χ1v) is 3.34. The van der Waals surface area contributed by atoms with Crippen LogP contribution >= 0.6 is 12.4 Å². The summed E-state index contributed by atoms with van der Waals surface area (Å²) >= 11 is 0. The van der Waals surface area contributed by atoms with Crippen molar-refractivity contribution in [2.75, 3.05) is 0 Å². The summed E-state index contributed by atoms with van der Waals surface area (Å²) in [6.07, 6.45) is -2.58. The van der Waals surface area contributed by atoms with Gasteiger partial charge < -0.3 is 5.73 Å². The first-order valence-electron chi connectivity index (χ1n) is 3.34. The molecule has 0 radical (unpaired) electrons. The Morgan fingerprint density at radius 3 is 2.23 bits per heavy atom. The van der Waals surface area contributed by atoms with Crippen molar-refractivity contribution in [2.45, 2.75) is 6.43 Å². The van der Waals surface area contributed by atoms with Gasteiger partial charge in [0, 0.05) is 11.1 Å². The van der Waals surface area contributed by atoms with Crippen molar-refractivity contribution >= 4 is 18.2 Å². The van der Waals surface area contributed by atoms with Crippen molar-refractivity contribution in [3.63, 3.8) is 0 Å². The molecule has 1 aromatic rings. The number of amidine groups is 1. The fourth-order valence-electron chi connectivity index (χ4n) is 0.933. The number of benzene rings is 1. The van der Waals surface area contributed by atoms with Crippen molar-refractivity contribution < 1.29 is 8.78 Å². The summed E-state index contributed by atoms with van der Waals surface area (Å²) < 4.78 is 24.5. The molecule has 0 spiro atoms. The summed E-state index contributed by atoms with van der Waals surface area (Å²) in [5.41, 5.74) is 5.02. The lowest BCUT2D eigenvalue weighted by Crippen LogP contribution is -2.13. The standard InChI is InChI=1S/C8H8F2N2.ClH/c9-7(10)5-3-1-2-4-6(5)8(11)12;/h1-4,7H,(H3,11,12);1H. The molecule has 5 heteroatoms. The van der Waals surface area contributed by atoms with Crippen LogP contribution in [-0.2, 0) is 0 Å². The summed E-state index contributed by atoms with van der Waals surface area (Å²) in [6.45, 7) is 0. The largest absolute Gasteiger partial charge is 0.384 e. The van der Waals surface area contributed by atoms with Crippen molar-refractivity contribution in [1.29, 1.82) is 5.41 Å². The second kappa shape index (κ2) is 4.77. The van der Waals surface area contributed by atoms with Crippen LogP contribution in [0.1, 0.15) is 17.6 Å². The molecule has 0 atom stereocenters. The maximum atomic E-state index is 12.2. The third-order valence-electron chi connectivity index (χ3n) is 1.49. The van der Waals surface area contributed by atoms with Crippen LogP contribution in [0.4, 0.5) is 8.78 Å². The molecule has 3 N–H and O–H groups in total. The van der Waals surface area contributed by atoms with E-state index in [1.165, 1.54) is 18.2 Å². The third kappa shape index (κ3) is 2.66. The molecule has 0 unspecified atom stereocenters. The zero-order chi connectivity index (χ0) is 9.14. The molecule has 13 heavy (non-hydrogen) atoms. The van der Waals surface area contributed by atoms with Crippen molar-refractivity contribution in [1.82, 2.24) is 0 Å². The summed E-state index contributed by atoms with van der Waals surface area (Å²) in [5, 5.41) is 7.01. The van der Waals surface area contributed by atoms with Gasteiger partial charge in [-0.3, -0.25) is 5.41 Å². The maximum Gasteiger partial charge on any atom is 0.264 e. The quantitative estimate of drug-likeness (QED) is 0.566. The Balaban J connectivity index is 0.00000144. The zero-order valence-electron chi connectivity index (χ0n) is 6.63. The third-order valence-corrected chi connectivity index (χ3v) is 1.49. The monoisotopic (exact) mass is 206 g/mol. The highest BCUT2D eigenvalue weighted by Crippen LogP contribution is 2.21. The molecular formula is C8H9ClF2N2. The number of nitrogen functional groups attached to an aromatic ring is 1. The molecule has 1 rings (SSSR count). The number of halogens is 3. The lowest BCUT2D eigenvalue weighted by atomic mass is 10.1. The van der Waals surface area contributed by atoms with Gasteiger partial charge in [-0.25, -0.2) is 8.78 Å². The van der Waals surface area contributed by atoms with E-state index < -0.39 is 6.43 Å². The van der Waals surface area contributed by atoms with Gasteiger partial charge in [-0.1, -0.05) is 24.3 Å². The van der Waals surface area contributed by atoms with Gasteiger partial charge in [0.1, 0.15) is 5.84 Å². The molecule has 0 bridgehead atoms. The first-order chi connectivity index (χ1) is 5.63. The maximum absolute atomic E-state index is 12.2. The normalized spacial score (nSPS) is 9.46. The van der Waals surface area contributed by atoms with Gasteiger partial charge in [0.05, 0.1) is 0 Å². The van der Waals surface area contributed by atoms with Crippen molar-refractivity contribution in [3.05, 3.63) is 35.4 Å². The van der Waals surface area contributed by atoms with Crippen LogP contribution in [0, 0.1) is 5.41 Å². The predicted octanol–water partition coefficient (Wildman–Crippen LogP) is 2.33. The van der Waals surface area contributed by atoms with Gasteiger partial charge in [0.15, 0.2) is 0 Å². The molecule has 0 saturated heterocycles. The number of alkyl halides is 2. The molecule has 0 heterocycles. The van der Waals surface area contributed by atoms with Crippen LogP contribution in [0.2, 0.25) is 0 Å². The van der Waals surface area contributed by atoms with E-state index in [2.05, 4.69) is 0 Å². The van der Waals surface area contributed by atoms with E-state index in [4.69, 9.17) is 11.1 Å². The summed E-state index contributed by atoms with van der Waals surface area (Å²) in [7, 11) is 0. The van der Waals surface area contributed by atoms with E-state index in [0.29, 0.717) is 0 Å². The van der Waals surface area contributed by atoms with Crippen molar-refractivity contribution in [2.24, 2.45) is 5.73 Å². The van der Waals surface area contributed by atoms with E-state index in [1.807, 2.05) is 0 Å². The minimum atomic E-state index is -2.58. The number of rotatable bonds is 2. The summed E-state index contributed by atoms with van der Waals surface area (Å²) in [4.78, 5) is 0. The van der Waals surface area contributed by atoms with Crippen LogP contribution < -0.4 is 5.73 Å². The van der Waals surface area contributed by atoms with Crippen LogP contribution in [0.25, 0.3) is 0 Å². The van der Waals surface area contributed by atoms with E-state index in [0.717, 1.165) is 0 Å². The molecule has 72 valence electrons. The first kappa shape index (κ1) is 11.8. The van der Waals surface area contributed by atoms with Gasteiger partial charge in [0.25, 0.3) is 6.43 Å². The molecule has 0 aliphatic heterocycles. The Hall–Kier alpha value is -1.16. The highest BCUT2D eigenvalue weighted by molar-refractivity contribution is 5.96. The van der Waals surface area contributed by atoms with Gasteiger partial charge in [-0.2, -0.15) is 0 Å². The Morgan fingerprint density at radius 1 is 1.31 bits per heavy atom. The molecule has 1 aromatic carbocycles. The van der Waals surface area contributed by atoms with Gasteiger partial charge in [-0.05, 0) is 0 Å². The highest BCUT2D eigenvalue weighted by atomic mass is 35.5. The molecule has 0 aliphatic rings. The van der Waals surface area contributed by atoms with Gasteiger partial charge in [-0.15, -0.1) is 12.4 Å². The average molecular weight is 207 g/mol. The molecule has 0 saturated carbocycles. The minimum Gasteiger partial charge on any atom is -0.384 e. The number of nitrogens with one attached hydrogen (secondary N) is 1. The molecular weight excluding hydrogens is 198 g/mol. The molecule has 2 nitrogen and oxygen atoms in total. The van der Waals surface area contributed by atoms with E-state index in [-0.39, 0.29) is 29.4 Å². The second-order valence-corrected chi connectivity index (χ2v) is 2.30. The van der Waals surface area contributed by atoms with Gasteiger partial charge >= 0.3 is 0 Å². The second-order valence-electron chi connectivity index (χ2n) is 2.30. The number of hydrogen-bond acceptors (Lipinski definition) is 1. The SMILES string of the molecule is Cl.N=C(N)c1ccccc1C(F)F. The Morgan fingerprint density at radius 2 is 1.85 bits per heavy atom. The zero-order valence-corrected chi connectivity index (χ0v) is 7.44. The fourth-order valence-corrected chi connectivity index (χ4v) is 0.933. The smallest absolute Gasteiger partial charge is 0.264 e. The van der Waals surface area contributed by atoms with E-state index >= 15 is 0 Å². The Labute approximate surface area is 80.7 Å². The van der Waals surface area contributed by atoms with Crippen molar-refractivity contribution in [3.8, 4) is 0 Å². The van der Waals surface area contributed by atoms with E-state index in [1.54, 1.807) is 6.07 Å². The number of nitrogens with two attached hydrogens (primary N) is 1. The van der Waals surface area contributed by atoms with E-state index in [9.17, 15) is 8.78 Å². The molecule has 0 aliphatic carbocycles. The lowest BCUT2D eigenvalue weighted by molar-refractivity contribution is 0.151. The average Bonchev–Trinajstić information content (AvgIpc) is 2.04. The summed E-state index contributed by atoms with van der Waals surface area (Å²) in [5.74, 6) is -0.328. The molecule has 0 amide bonds. The molecule has 0 aromatic heterocycles. The minimum absolute atomic E-state index is 0. The topological polar surface area (TPSA) is 49.9 Å². The van der Waals surface area contributed by atoms with Crippen LogP contribution in [0.3, 0.4) is 0 Å².